The van der Waals surface area contributed by atoms with Crippen LogP contribution >= 0.6 is 11.6 Å². The first-order valence-corrected chi connectivity index (χ1v) is 10.2. The predicted octanol–water partition coefficient (Wildman–Crippen LogP) is 8.47. The van der Waals surface area contributed by atoms with Gasteiger partial charge < -0.3 is 0 Å². The second kappa shape index (κ2) is 6.34. The van der Waals surface area contributed by atoms with E-state index < -0.39 is 0 Å². The van der Waals surface area contributed by atoms with Crippen LogP contribution in [0, 0.1) is 0 Å². The Bertz CT molecular complexity index is 1390. The molecule has 0 N–H and O–H groups in total. The maximum Gasteiger partial charge on any atom is 0.0491 e. The molecule has 0 spiro atoms. The van der Waals surface area contributed by atoms with Crippen molar-refractivity contribution in [3.63, 3.8) is 0 Å². The molecule has 1 heteroatoms. The molecule has 5 aromatic carbocycles. The minimum absolute atomic E-state index is 0.812. The molecular weight excluding hydrogens is 372 g/mol. The third kappa shape index (κ3) is 2.46. The van der Waals surface area contributed by atoms with E-state index in [9.17, 15) is 0 Å². The molecule has 0 radical (unpaired) electrons. The summed E-state index contributed by atoms with van der Waals surface area (Å²) >= 11 is 6.73. The van der Waals surface area contributed by atoms with Gasteiger partial charge in [-0.2, -0.15) is 0 Å². The third-order valence-corrected chi connectivity index (χ3v) is 6.19. The van der Waals surface area contributed by atoms with Crippen LogP contribution < -0.4 is 0 Å². The van der Waals surface area contributed by atoms with Crippen molar-refractivity contribution in [2.75, 3.05) is 0 Å². The second-order valence-electron chi connectivity index (χ2n) is 7.50. The van der Waals surface area contributed by atoms with E-state index in [2.05, 4.69) is 97.1 Å². The van der Waals surface area contributed by atoms with Crippen molar-refractivity contribution in [1.82, 2.24) is 0 Å². The van der Waals surface area contributed by atoms with Crippen LogP contribution in [0.4, 0.5) is 0 Å². The number of halogens is 1. The van der Waals surface area contributed by atoms with Crippen LogP contribution in [0.1, 0.15) is 0 Å². The lowest BCUT2D eigenvalue weighted by Gasteiger charge is -2.13. The lowest BCUT2D eigenvalue weighted by Crippen LogP contribution is -1.87. The molecule has 1 aliphatic rings. The van der Waals surface area contributed by atoms with E-state index in [0.29, 0.717) is 0 Å². The average Bonchev–Trinajstić information content (AvgIpc) is 3.12. The Morgan fingerprint density at radius 3 is 1.90 bits per heavy atom. The Balaban J connectivity index is 1.63. The average molecular weight is 389 g/mol. The molecule has 5 aromatic rings. The fraction of sp³-hybridized carbons (Fsp3) is 0. The summed E-state index contributed by atoms with van der Waals surface area (Å²) in [6.07, 6.45) is 0. The first-order valence-electron chi connectivity index (χ1n) is 9.82. The zero-order valence-electron chi connectivity index (χ0n) is 15.7. The summed E-state index contributed by atoms with van der Waals surface area (Å²) in [5, 5.41) is 3.38. The summed E-state index contributed by atoms with van der Waals surface area (Å²) in [6.45, 7) is 0. The quantitative estimate of drug-likeness (QED) is 0.279. The zero-order chi connectivity index (χ0) is 19.4. The molecule has 1 aliphatic carbocycles. The normalized spacial score (nSPS) is 11.6. The van der Waals surface area contributed by atoms with Crippen molar-refractivity contribution in [2.45, 2.75) is 0 Å². The fourth-order valence-corrected chi connectivity index (χ4v) is 4.87. The van der Waals surface area contributed by atoms with Crippen LogP contribution in [0.2, 0.25) is 5.02 Å². The van der Waals surface area contributed by atoms with Gasteiger partial charge in [-0.15, -0.1) is 0 Å². The van der Waals surface area contributed by atoms with Crippen molar-refractivity contribution in [3.05, 3.63) is 108 Å². The predicted molar refractivity (Wildman–Crippen MR) is 124 cm³/mol. The number of fused-ring (bicyclic) bond motifs is 3. The van der Waals surface area contributed by atoms with Crippen LogP contribution in [0.15, 0.2) is 103 Å². The highest BCUT2D eigenvalue weighted by molar-refractivity contribution is 6.36. The highest BCUT2D eigenvalue weighted by Gasteiger charge is 2.26. The largest absolute Gasteiger partial charge is 0.0836 e. The first-order chi connectivity index (χ1) is 14.3. The molecule has 0 atom stereocenters. The Kier molecular flexibility index (Phi) is 3.62. The van der Waals surface area contributed by atoms with E-state index in [1.807, 2.05) is 6.07 Å². The monoisotopic (exact) mass is 388 g/mol. The van der Waals surface area contributed by atoms with Crippen molar-refractivity contribution in [2.24, 2.45) is 0 Å². The summed E-state index contributed by atoms with van der Waals surface area (Å²) in [5.74, 6) is 0. The van der Waals surface area contributed by atoms with Gasteiger partial charge in [0.05, 0.1) is 0 Å². The molecule has 0 heterocycles. The Hall–Kier alpha value is -3.35. The van der Waals surface area contributed by atoms with Gasteiger partial charge in [0.15, 0.2) is 0 Å². The Labute approximate surface area is 175 Å². The molecule has 0 bridgehead atoms. The van der Waals surface area contributed by atoms with Gasteiger partial charge in [0.2, 0.25) is 0 Å². The molecule has 0 saturated heterocycles. The van der Waals surface area contributed by atoms with Gasteiger partial charge in [0.1, 0.15) is 0 Å². The molecule has 0 fully saturated rings. The molecule has 0 saturated carbocycles. The van der Waals surface area contributed by atoms with Crippen LogP contribution in [0.5, 0.6) is 0 Å². The standard InChI is InChI=1S/C28H17Cl/c29-25-16-15-22(21-12-4-11-20(17-21)18-7-2-1-3-8-18)27-23-13-5-9-19-10-6-14-24(26(19)23)28(25)27/h1-17H. The van der Waals surface area contributed by atoms with Gasteiger partial charge in [-0.3, -0.25) is 0 Å². The summed E-state index contributed by atoms with van der Waals surface area (Å²) < 4.78 is 0. The van der Waals surface area contributed by atoms with Crippen LogP contribution in [-0.4, -0.2) is 0 Å². The number of benzene rings is 5. The minimum Gasteiger partial charge on any atom is -0.0836 e. The van der Waals surface area contributed by atoms with Crippen molar-refractivity contribution >= 4 is 22.4 Å². The maximum atomic E-state index is 6.73. The van der Waals surface area contributed by atoms with Crippen molar-refractivity contribution in [3.8, 4) is 44.5 Å². The highest BCUT2D eigenvalue weighted by atomic mass is 35.5. The van der Waals surface area contributed by atoms with E-state index in [1.54, 1.807) is 0 Å². The molecule has 0 unspecified atom stereocenters. The molecule has 136 valence electrons. The van der Waals surface area contributed by atoms with Crippen LogP contribution in [0.3, 0.4) is 0 Å². The second-order valence-corrected chi connectivity index (χ2v) is 7.91. The SMILES string of the molecule is Clc1ccc(-c2cccc(-c3ccccc3)c2)c2c1-c1cccc3cccc-2c13. The lowest BCUT2D eigenvalue weighted by atomic mass is 9.91. The van der Waals surface area contributed by atoms with Gasteiger partial charge >= 0.3 is 0 Å². The number of hydrogen-bond acceptors (Lipinski definition) is 0. The van der Waals surface area contributed by atoms with Gasteiger partial charge in [-0.1, -0.05) is 103 Å². The van der Waals surface area contributed by atoms with Gasteiger partial charge in [0.25, 0.3) is 0 Å². The fourth-order valence-electron chi connectivity index (χ4n) is 4.62. The molecular formula is C28H17Cl. The smallest absolute Gasteiger partial charge is 0.0491 e. The lowest BCUT2D eigenvalue weighted by molar-refractivity contribution is 1.59. The molecule has 0 aliphatic heterocycles. The molecule has 6 rings (SSSR count). The Morgan fingerprint density at radius 1 is 0.448 bits per heavy atom. The maximum absolute atomic E-state index is 6.73. The molecule has 0 nitrogen and oxygen atoms in total. The van der Waals surface area contributed by atoms with Crippen LogP contribution in [0.25, 0.3) is 55.3 Å². The number of hydrogen-bond donors (Lipinski definition) is 0. The minimum atomic E-state index is 0.812. The van der Waals surface area contributed by atoms with Crippen LogP contribution in [-0.2, 0) is 0 Å². The highest BCUT2D eigenvalue weighted by Crippen LogP contribution is 2.53. The Morgan fingerprint density at radius 2 is 1.10 bits per heavy atom. The number of rotatable bonds is 2. The zero-order valence-corrected chi connectivity index (χ0v) is 16.4. The van der Waals surface area contributed by atoms with E-state index in [4.69, 9.17) is 11.6 Å². The van der Waals surface area contributed by atoms with E-state index in [-0.39, 0.29) is 0 Å². The van der Waals surface area contributed by atoms with Crippen molar-refractivity contribution in [1.29, 1.82) is 0 Å². The van der Waals surface area contributed by atoms with Gasteiger partial charge in [0, 0.05) is 10.6 Å². The van der Waals surface area contributed by atoms with Gasteiger partial charge in [-0.25, -0.2) is 0 Å². The molecule has 0 amide bonds. The van der Waals surface area contributed by atoms with Crippen molar-refractivity contribution < 1.29 is 0 Å². The van der Waals surface area contributed by atoms with E-state index in [0.717, 1.165) is 10.6 Å². The topological polar surface area (TPSA) is 0 Å². The molecule has 29 heavy (non-hydrogen) atoms. The summed E-state index contributed by atoms with van der Waals surface area (Å²) in [6, 6.07) is 36.5. The third-order valence-electron chi connectivity index (χ3n) is 5.88. The van der Waals surface area contributed by atoms with Gasteiger partial charge in [-0.05, 0) is 61.8 Å². The van der Waals surface area contributed by atoms with E-state index >= 15 is 0 Å². The summed E-state index contributed by atoms with van der Waals surface area (Å²) in [7, 11) is 0. The molecule has 0 aromatic heterocycles. The summed E-state index contributed by atoms with van der Waals surface area (Å²) in [5.41, 5.74) is 9.80. The van der Waals surface area contributed by atoms with E-state index in [1.165, 1.54) is 49.7 Å². The first kappa shape index (κ1) is 16.6. The summed E-state index contributed by atoms with van der Waals surface area (Å²) in [4.78, 5) is 0.